The second kappa shape index (κ2) is 10.9. The summed E-state index contributed by atoms with van der Waals surface area (Å²) in [6, 6.07) is 12.9. The molecule has 4 rings (SSSR count). The van der Waals surface area contributed by atoms with Crippen molar-refractivity contribution in [2.24, 2.45) is 0 Å². The molecule has 0 saturated carbocycles. The van der Waals surface area contributed by atoms with E-state index in [0.717, 1.165) is 31.2 Å². The Morgan fingerprint density at radius 1 is 1.08 bits per heavy atom. The third-order valence-electron chi connectivity index (χ3n) is 5.84. The Hall–Kier alpha value is -3.51. The molecule has 1 aromatic heterocycles. The van der Waals surface area contributed by atoms with E-state index in [1.54, 1.807) is 18.2 Å². The lowest BCUT2D eigenvalue weighted by atomic mass is 10.2. The van der Waals surface area contributed by atoms with Crippen molar-refractivity contribution >= 4 is 32.7 Å². The molecular weight excluding hydrogens is 509 g/mol. The molecule has 0 radical (unpaired) electrons. The Bertz CT molecular complexity index is 1360. The summed E-state index contributed by atoms with van der Waals surface area (Å²) in [5.41, 5.74) is 0.847. The van der Waals surface area contributed by atoms with Crippen molar-refractivity contribution in [2.75, 3.05) is 55.2 Å². The van der Waals surface area contributed by atoms with Crippen molar-refractivity contribution < 1.29 is 31.1 Å². The summed E-state index contributed by atoms with van der Waals surface area (Å²) in [5.74, 6) is 0.684. The summed E-state index contributed by atoms with van der Waals surface area (Å²) in [6.45, 7) is 2.64. The summed E-state index contributed by atoms with van der Waals surface area (Å²) < 4.78 is 75.7. The maximum absolute atomic E-state index is 13.7. The molecule has 198 valence electrons. The van der Waals surface area contributed by atoms with Crippen LogP contribution in [0.2, 0.25) is 0 Å². The second-order valence-electron chi connectivity index (χ2n) is 8.50. The lowest BCUT2D eigenvalue weighted by molar-refractivity contribution is -0.137. The molecule has 2 heterocycles. The number of morpholine rings is 1. The molecule has 1 aliphatic rings. The van der Waals surface area contributed by atoms with Crippen LogP contribution in [0, 0.1) is 0 Å². The van der Waals surface area contributed by atoms with Gasteiger partial charge in [0.25, 0.3) is 0 Å². The second-order valence-corrected chi connectivity index (χ2v) is 10.5. The van der Waals surface area contributed by atoms with Crippen molar-refractivity contribution in [2.45, 2.75) is 17.6 Å². The van der Waals surface area contributed by atoms with Gasteiger partial charge in [0, 0.05) is 43.8 Å². The van der Waals surface area contributed by atoms with Gasteiger partial charge in [-0.25, -0.2) is 13.4 Å². The van der Waals surface area contributed by atoms with E-state index in [4.69, 9.17) is 9.47 Å². The SMILES string of the molecule is COc1ccc(N2CCOCC2)cc1Nc1cc(NCc2cccc(S(C)(=O)=O)c2)c(C(F)(F)F)cn1. The molecule has 0 aliphatic carbocycles. The van der Waals surface area contributed by atoms with E-state index in [9.17, 15) is 21.6 Å². The molecule has 1 fully saturated rings. The number of pyridine rings is 1. The van der Waals surface area contributed by atoms with Crippen LogP contribution >= 0.6 is 0 Å². The molecule has 12 heteroatoms. The lowest BCUT2D eigenvalue weighted by Gasteiger charge is -2.29. The zero-order chi connectivity index (χ0) is 26.6. The number of alkyl halides is 3. The molecule has 0 unspecified atom stereocenters. The van der Waals surface area contributed by atoms with Crippen LogP contribution in [0.15, 0.2) is 59.6 Å². The molecule has 0 spiro atoms. The Labute approximate surface area is 213 Å². The summed E-state index contributed by atoms with van der Waals surface area (Å²) in [4.78, 5) is 6.22. The highest BCUT2D eigenvalue weighted by Gasteiger charge is 2.34. The number of nitrogens with one attached hydrogen (secondary N) is 2. The van der Waals surface area contributed by atoms with Gasteiger partial charge in [-0.05, 0) is 35.9 Å². The molecule has 2 N–H and O–H groups in total. The number of nitrogens with zero attached hydrogens (tertiary/aromatic N) is 2. The van der Waals surface area contributed by atoms with E-state index in [1.807, 2.05) is 12.1 Å². The van der Waals surface area contributed by atoms with Gasteiger partial charge in [0.15, 0.2) is 9.84 Å². The Kier molecular flexibility index (Phi) is 7.79. The van der Waals surface area contributed by atoms with Crippen LogP contribution in [0.25, 0.3) is 0 Å². The lowest BCUT2D eigenvalue weighted by Crippen LogP contribution is -2.36. The zero-order valence-corrected chi connectivity index (χ0v) is 21.1. The predicted molar refractivity (Wildman–Crippen MR) is 135 cm³/mol. The van der Waals surface area contributed by atoms with Crippen LogP contribution in [0.5, 0.6) is 5.75 Å². The van der Waals surface area contributed by atoms with Gasteiger partial charge in [0.1, 0.15) is 11.6 Å². The molecule has 0 amide bonds. The molecule has 2 aromatic carbocycles. The fourth-order valence-electron chi connectivity index (χ4n) is 3.93. The first kappa shape index (κ1) is 26.6. The maximum Gasteiger partial charge on any atom is 0.419 e. The van der Waals surface area contributed by atoms with Crippen LogP contribution in [0.1, 0.15) is 11.1 Å². The Morgan fingerprint density at radius 3 is 2.51 bits per heavy atom. The molecule has 0 atom stereocenters. The van der Waals surface area contributed by atoms with Crippen LogP contribution in [-0.2, 0) is 27.3 Å². The van der Waals surface area contributed by atoms with Gasteiger partial charge in [-0.1, -0.05) is 12.1 Å². The first-order valence-electron chi connectivity index (χ1n) is 11.4. The van der Waals surface area contributed by atoms with Gasteiger partial charge in [-0.15, -0.1) is 0 Å². The number of hydrogen-bond donors (Lipinski definition) is 2. The quantitative estimate of drug-likeness (QED) is 0.428. The third kappa shape index (κ3) is 6.63. The third-order valence-corrected chi connectivity index (χ3v) is 6.95. The normalized spacial score (nSPS) is 14.4. The number of aromatic nitrogens is 1. The number of ether oxygens (including phenoxy) is 2. The fourth-order valence-corrected chi connectivity index (χ4v) is 4.62. The Morgan fingerprint density at radius 2 is 1.84 bits per heavy atom. The summed E-state index contributed by atoms with van der Waals surface area (Å²) in [6.07, 6.45) is -2.81. The van der Waals surface area contributed by atoms with Gasteiger partial charge in [0.2, 0.25) is 0 Å². The summed E-state index contributed by atoms with van der Waals surface area (Å²) in [7, 11) is -1.94. The number of hydrogen-bond acceptors (Lipinski definition) is 8. The number of halogens is 3. The van der Waals surface area contributed by atoms with Crippen molar-refractivity contribution in [3.05, 3.63) is 65.9 Å². The van der Waals surface area contributed by atoms with E-state index >= 15 is 0 Å². The molecule has 0 bridgehead atoms. The monoisotopic (exact) mass is 536 g/mol. The van der Waals surface area contributed by atoms with Crippen LogP contribution in [-0.4, -0.2) is 53.1 Å². The van der Waals surface area contributed by atoms with Crippen LogP contribution in [0.3, 0.4) is 0 Å². The fraction of sp³-hybridized carbons (Fsp3) is 0.320. The smallest absolute Gasteiger partial charge is 0.419 e. The van der Waals surface area contributed by atoms with E-state index in [0.29, 0.717) is 30.2 Å². The zero-order valence-electron chi connectivity index (χ0n) is 20.3. The highest BCUT2D eigenvalue weighted by molar-refractivity contribution is 7.90. The van der Waals surface area contributed by atoms with Crippen LogP contribution in [0.4, 0.5) is 36.1 Å². The van der Waals surface area contributed by atoms with Crippen molar-refractivity contribution in [3.8, 4) is 5.75 Å². The average Bonchev–Trinajstić information content (AvgIpc) is 2.87. The van der Waals surface area contributed by atoms with Crippen molar-refractivity contribution in [1.29, 1.82) is 0 Å². The van der Waals surface area contributed by atoms with E-state index in [2.05, 4.69) is 20.5 Å². The first-order chi connectivity index (χ1) is 17.5. The largest absolute Gasteiger partial charge is 0.495 e. The minimum Gasteiger partial charge on any atom is -0.495 e. The number of rotatable bonds is 8. The standard InChI is InChI=1S/C25H27F3N4O4S/c1-35-23-7-6-18(32-8-10-36-11-9-32)13-22(23)31-24-14-21(20(16-30-24)25(26,27)28)29-15-17-4-3-5-19(12-17)37(2,33)34/h3-7,12-14,16H,8-11,15H2,1-2H3,(H2,29,30,31). The van der Waals surface area contributed by atoms with E-state index in [1.165, 1.54) is 25.3 Å². The molecule has 1 aliphatic heterocycles. The summed E-state index contributed by atoms with van der Waals surface area (Å²) in [5, 5.41) is 5.85. The molecule has 8 nitrogen and oxygen atoms in total. The molecular formula is C25H27F3N4O4S. The van der Waals surface area contributed by atoms with Crippen molar-refractivity contribution in [3.63, 3.8) is 0 Å². The number of sulfone groups is 1. The molecule has 3 aromatic rings. The maximum atomic E-state index is 13.7. The van der Waals surface area contributed by atoms with Gasteiger partial charge < -0.3 is 25.0 Å². The van der Waals surface area contributed by atoms with Gasteiger partial charge in [0.05, 0.1) is 42.2 Å². The number of anilines is 4. The average molecular weight is 537 g/mol. The van der Waals surface area contributed by atoms with Gasteiger partial charge in [-0.2, -0.15) is 13.2 Å². The minimum atomic E-state index is -4.64. The Balaban J connectivity index is 1.61. The van der Waals surface area contributed by atoms with Gasteiger partial charge in [-0.3, -0.25) is 0 Å². The van der Waals surface area contributed by atoms with Crippen molar-refractivity contribution in [1.82, 2.24) is 4.98 Å². The highest BCUT2D eigenvalue weighted by atomic mass is 32.2. The highest BCUT2D eigenvalue weighted by Crippen LogP contribution is 2.37. The molecule has 37 heavy (non-hydrogen) atoms. The van der Waals surface area contributed by atoms with E-state index in [-0.39, 0.29) is 22.9 Å². The summed E-state index contributed by atoms with van der Waals surface area (Å²) >= 11 is 0. The topological polar surface area (TPSA) is 92.8 Å². The first-order valence-corrected chi connectivity index (χ1v) is 13.3. The van der Waals surface area contributed by atoms with Gasteiger partial charge >= 0.3 is 6.18 Å². The molecule has 1 saturated heterocycles. The number of benzene rings is 2. The minimum absolute atomic E-state index is 0.0221. The predicted octanol–water partition coefficient (Wildman–Crippen LogP) is 4.70. The van der Waals surface area contributed by atoms with Crippen LogP contribution < -0.4 is 20.3 Å². The number of methoxy groups -OCH3 is 1. The van der Waals surface area contributed by atoms with E-state index < -0.39 is 21.6 Å².